The van der Waals surface area contributed by atoms with Crippen LogP contribution in [0.5, 0.6) is 5.75 Å². The van der Waals surface area contributed by atoms with Gasteiger partial charge in [0.25, 0.3) is 0 Å². The molecule has 1 aliphatic heterocycles. The van der Waals surface area contributed by atoms with E-state index in [2.05, 4.69) is 17.1 Å². The Bertz CT molecular complexity index is 385. The van der Waals surface area contributed by atoms with E-state index in [1.165, 1.54) is 25.9 Å². The summed E-state index contributed by atoms with van der Waals surface area (Å²) in [5.41, 5.74) is 0.789. The van der Waals surface area contributed by atoms with Crippen molar-refractivity contribution in [2.45, 2.75) is 26.3 Å². The lowest BCUT2D eigenvalue weighted by Crippen LogP contribution is -2.31. The molecule has 2 N–H and O–H groups in total. The molecule has 4 heteroatoms. The number of hydrogen-bond acceptors (Lipinski definition) is 3. The summed E-state index contributed by atoms with van der Waals surface area (Å²) < 4.78 is 0. The van der Waals surface area contributed by atoms with Gasteiger partial charge in [-0.25, -0.2) is 0 Å². The van der Waals surface area contributed by atoms with E-state index in [1.54, 1.807) is 12.1 Å². The molecule has 1 saturated heterocycles. The number of phenolic OH excluding ortho intramolecular Hbond substituents is 1. The van der Waals surface area contributed by atoms with Crippen LogP contribution in [-0.4, -0.2) is 36.2 Å². The molecule has 3 nitrogen and oxygen atoms in total. The van der Waals surface area contributed by atoms with Gasteiger partial charge in [-0.05, 0) is 50.5 Å². The molecular weight excluding hydrogens is 260 g/mol. The van der Waals surface area contributed by atoms with E-state index in [0.717, 1.165) is 18.7 Å². The maximum absolute atomic E-state index is 9.75. The fraction of sp³-hybridized carbons (Fsp3) is 0.600. The first-order valence-electron chi connectivity index (χ1n) is 7.06. The zero-order valence-corrected chi connectivity index (χ0v) is 12.3. The van der Waals surface area contributed by atoms with Gasteiger partial charge in [0.05, 0.1) is 0 Å². The van der Waals surface area contributed by atoms with Gasteiger partial charge in [0, 0.05) is 23.7 Å². The highest BCUT2D eigenvalue weighted by molar-refractivity contribution is 6.31. The predicted octanol–water partition coefficient (Wildman–Crippen LogP) is 2.87. The van der Waals surface area contributed by atoms with E-state index in [0.29, 0.717) is 17.5 Å². The van der Waals surface area contributed by atoms with Gasteiger partial charge in [-0.2, -0.15) is 0 Å². The Morgan fingerprint density at radius 1 is 1.37 bits per heavy atom. The normalized spacial score (nSPS) is 17.8. The summed E-state index contributed by atoms with van der Waals surface area (Å²) in [4.78, 5) is 2.53. The van der Waals surface area contributed by atoms with Crippen molar-refractivity contribution < 1.29 is 5.11 Å². The van der Waals surface area contributed by atoms with Gasteiger partial charge in [-0.1, -0.05) is 24.6 Å². The van der Waals surface area contributed by atoms with Crippen LogP contribution in [0.1, 0.15) is 25.3 Å². The Morgan fingerprint density at radius 2 is 2.11 bits per heavy atom. The summed E-state index contributed by atoms with van der Waals surface area (Å²) in [6, 6.07) is 5.25. The smallest absolute Gasteiger partial charge is 0.121 e. The molecule has 0 amide bonds. The van der Waals surface area contributed by atoms with E-state index >= 15 is 0 Å². The van der Waals surface area contributed by atoms with Crippen molar-refractivity contribution in [3.05, 3.63) is 28.8 Å². The third kappa shape index (κ3) is 4.37. The van der Waals surface area contributed by atoms with E-state index < -0.39 is 0 Å². The molecule has 1 atom stereocenters. The topological polar surface area (TPSA) is 35.5 Å². The SMILES string of the molecule is CC(CNCc1c(O)cccc1Cl)CN1CCCC1. The Labute approximate surface area is 120 Å². The van der Waals surface area contributed by atoms with Gasteiger partial charge in [-0.3, -0.25) is 0 Å². The monoisotopic (exact) mass is 282 g/mol. The molecule has 106 valence electrons. The molecule has 2 rings (SSSR count). The third-order valence-corrected chi connectivity index (χ3v) is 4.01. The Balaban J connectivity index is 1.73. The molecule has 1 heterocycles. The van der Waals surface area contributed by atoms with Gasteiger partial charge < -0.3 is 15.3 Å². The van der Waals surface area contributed by atoms with Crippen molar-refractivity contribution in [2.24, 2.45) is 5.92 Å². The number of likely N-dealkylation sites (tertiary alicyclic amines) is 1. The van der Waals surface area contributed by atoms with Crippen molar-refractivity contribution in [1.82, 2.24) is 10.2 Å². The van der Waals surface area contributed by atoms with Crippen LogP contribution in [-0.2, 0) is 6.54 Å². The van der Waals surface area contributed by atoms with E-state index in [-0.39, 0.29) is 5.75 Å². The fourth-order valence-electron chi connectivity index (χ4n) is 2.64. The minimum absolute atomic E-state index is 0.271. The molecular formula is C15H23ClN2O. The number of nitrogens with one attached hydrogen (secondary N) is 1. The number of halogens is 1. The highest BCUT2D eigenvalue weighted by atomic mass is 35.5. The van der Waals surface area contributed by atoms with Crippen LogP contribution in [0.25, 0.3) is 0 Å². The van der Waals surface area contributed by atoms with Gasteiger partial charge in [0.1, 0.15) is 5.75 Å². The molecule has 0 bridgehead atoms. The zero-order valence-electron chi connectivity index (χ0n) is 11.5. The maximum Gasteiger partial charge on any atom is 0.121 e. The Hall–Kier alpha value is -0.770. The van der Waals surface area contributed by atoms with Crippen LogP contribution in [0.15, 0.2) is 18.2 Å². The van der Waals surface area contributed by atoms with Gasteiger partial charge in [0.2, 0.25) is 0 Å². The lowest BCUT2D eigenvalue weighted by molar-refractivity contribution is 0.282. The first-order chi connectivity index (χ1) is 9.16. The number of nitrogens with zero attached hydrogens (tertiary/aromatic N) is 1. The van der Waals surface area contributed by atoms with Gasteiger partial charge in [-0.15, -0.1) is 0 Å². The van der Waals surface area contributed by atoms with Crippen molar-refractivity contribution in [3.8, 4) is 5.75 Å². The van der Waals surface area contributed by atoms with Crippen LogP contribution in [0.4, 0.5) is 0 Å². The van der Waals surface area contributed by atoms with Gasteiger partial charge in [0.15, 0.2) is 0 Å². The Morgan fingerprint density at radius 3 is 2.79 bits per heavy atom. The lowest BCUT2D eigenvalue weighted by atomic mass is 10.1. The largest absolute Gasteiger partial charge is 0.508 e. The number of hydrogen-bond donors (Lipinski definition) is 2. The van der Waals surface area contributed by atoms with Gasteiger partial charge >= 0.3 is 0 Å². The first kappa shape index (κ1) is 14.6. The standard InChI is InChI=1S/C15H23ClN2O/c1-12(11-18-7-2-3-8-18)9-17-10-13-14(16)5-4-6-15(13)19/h4-6,12,17,19H,2-3,7-11H2,1H3. The highest BCUT2D eigenvalue weighted by Crippen LogP contribution is 2.24. The highest BCUT2D eigenvalue weighted by Gasteiger charge is 2.14. The van der Waals surface area contributed by atoms with E-state index in [9.17, 15) is 5.11 Å². The fourth-order valence-corrected chi connectivity index (χ4v) is 2.87. The van der Waals surface area contributed by atoms with Crippen LogP contribution < -0.4 is 5.32 Å². The summed E-state index contributed by atoms with van der Waals surface area (Å²) in [5.74, 6) is 0.884. The van der Waals surface area contributed by atoms with Crippen LogP contribution >= 0.6 is 11.6 Å². The van der Waals surface area contributed by atoms with Crippen molar-refractivity contribution >= 4 is 11.6 Å². The van der Waals surface area contributed by atoms with Crippen LogP contribution in [0, 0.1) is 5.92 Å². The van der Waals surface area contributed by atoms with E-state index in [1.807, 2.05) is 6.07 Å². The average Bonchev–Trinajstić information content (AvgIpc) is 2.85. The summed E-state index contributed by atoms with van der Waals surface area (Å²) in [6.45, 7) is 7.47. The molecule has 1 aromatic carbocycles. The molecule has 0 aromatic heterocycles. The molecule has 1 fully saturated rings. The molecule has 0 aliphatic carbocycles. The second-order valence-corrected chi connectivity index (χ2v) is 5.89. The van der Waals surface area contributed by atoms with Crippen molar-refractivity contribution in [2.75, 3.05) is 26.2 Å². The molecule has 19 heavy (non-hydrogen) atoms. The quantitative estimate of drug-likeness (QED) is 0.842. The second kappa shape index (κ2) is 7.13. The van der Waals surface area contributed by atoms with Crippen molar-refractivity contribution in [1.29, 1.82) is 0 Å². The predicted molar refractivity (Wildman–Crippen MR) is 79.7 cm³/mol. The van der Waals surface area contributed by atoms with Crippen molar-refractivity contribution in [3.63, 3.8) is 0 Å². The molecule has 0 radical (unpaired) electrons. The van der Waals surface area contributed by atoms with Crippen LogP contribution in [0.2, 0.25) is 5.02 Å². The van der Waals surface area contributed by atoms with E-state index in [4.69, 9.17) is 11.6 Å². The summed E-state index contributed by atoms with van der Waals surface area (Å²) in [5, 5.41) is 13.8. The average molecular weight is 283 g/mol. The molecule has 0 saturated carbocycles. The summed E-state index contributed by atoms with van der Waals surface area (Å²) in [6.07, 6.45) is 2.68. The third-order valence-electron chi connectivity index (χ3n) is 3.66. The second-order valence-electron chi connectivity index (χ2n) is 5.48. The molecule has 1 aliphatic rings. The molecule has 1 aromatic rings. The number of benzene rings is 1. The first-order valence-corrected chi connectivity index (χ1v) is 7.44. The molecule has 1 unspecified atom stereocenters. The lowest BCUT2D eigenvalue weighted by Gasteiger charge is -2.20. The van der Waals surface area contributed by atoms with Crippen LogP contribution in [0.3, 0.4) is 0 Å². The Kier molecular flexibility index (Phi) is 5.49. The molecule has 0 spiro atoms. The summed E-state index contributed by atoms with van der Waals surface area (Å²) >= 11 is 6.07. The number of rotatable bonds is 6. The number of aromatic hydroxyl groups is 1. The zero-order chi connectivity index (χ0) is 13.7. The maximum atomic E-state index is 9.75. The summed E-state index contributed by atoms with van der Waals surface area (Å²) in [7, 11) is 0. The minimum atomic E-state index is 0.271. The number of phenols is 1. The minimum Gasteiger partial charge on any atom is -0.508 e.